The zero-order chi connectivity index (χ0) is 15.0. The van der Waals surface area contributed by atoms with Crippen LogP contribution in [-0.4, -0.2) is 26.2 Å². The second kappa shape index (κ2) is 4.98. The van der Waals surface area contributed by atoms with Crippen LogP contribution in [-0.2, 0) is 0 Å². The maximum absolute atomic E-state index is 12.3. The van der Waals surface area contributed by atoms with Gasteiger partial charge in [-0.1, -0.05) is 6.07 Å². The van der Waals surface area contributed by atoms with E-state index in [0.717, 1.165) is 16.9 Å². The first kappa shape index (κ1) is 13.3. The molecular formula is C13H11N5O2S. The molecule has 106 valence electrons. The molecule has 3 heterocycles. The second-order valence-corrected chi connectivity index (χ2v) is 5.29. The number of amides is 2. The van der Waals surface area contributed by atoms with Gasteiger partial charge in [0, 0.05) is 11.6 Å². The number of anilines is 1. The van der Waals surface area contributed by atoms with Gasteiger partial charge >= 0.3 is 0 Å². The van der Waals surface area contributed by atoms with Crippen LogP contribution in [0.3, 0.4) is 0 Å². The summed E-state index contributed by atoms with van der Waals surface area (Å²) in [7, 11) is 0. The van der Waals surface area contributed by atoms with E-state index in [9.17, 15) is 9.59 Å². The molecule has 21 heavy (non-hydrogen) atoms. The normalized spacial score (nSPS) is 10.7. The number of thiazole rings is 1. The zero-order valence-corrected chi connectivity index (χ0v) is 11.8. The van der Waals surface area contributed by atoms with Crippen LogP contribution in [0, 0.1) is 6.92 Å². The van der Waals surface area contributed by atoms with E-state index in [4.69, 9.17) is 5.73 Å². The lowest BCUT2D eigenvalue weighted by Crippen LogP contribution is -2.15. The number of aryl methyl sites for hydroxylation is 1. The summed E-state index contributed by atoms with van der Waals surface area (Å²) >= 11 is 1.14. The Labute approximate surface area is 123 Å². The summed E-state index contributed by atoms with van der Waals surface area (Å²) < 4.78 is 1.70. The van der Waals surface area contributed by atoms with Gasteiger partial charge in [0.05, 0.1) is 6.20 Å². The highest BCUT2D eigenvalue weighted by molar-refractivity contribution is 7.14. The van der Waals surface area contributed by atoms with E-state index in [-0.39, 0.29) is 11.6 Å². The highest BCUT2D eigenvalue weighted by Gasteiger charge is 2.15. The van der Waals surface area contributed by atoms with Gasteiger partial charge in [0.1, 0.15) is 17.0 Å². The fourth-order valence-electron chi connectivity index (χ4n) is 1.86. The Kier molecular flexibility index (Phi) is 3.15. The van der Waals surface area contributed by atoms with Gasteiger partial charge in [-0.05, 0) is 18.6 Å². The number of imidazole rings is 1. The number of nitrogens with one attached hydrogen (secondary N) is 1. The lowest BCUT2D eigenvalue weighted by molar-refractivity contribution is 0.0991. The maximum Gasteiger partial charge on any atom is 0.276 e. The van der Waals surface area contributed by atoms with Crippen molar-refractivity contribution < 1.29 is 9.59 Å². The predicted octanol–water partition coefficient (Wildman–Crippen LogP) is 1.45. The summed E-state index contributed by atoms with van der Waals surface area (Å²) in [5.74, 6) is -0.976. The molecule has 7 nitrogen and oxygen atoms in total. The lowest BCUT2D eigenvalue weighted by Gasteiger charge is -2.02. The molecule has 3 rings (SSSR count). The SMILES string of the molecule is Cc1ccc2ncc(C(=O)Nc3nc(C(N)=O)cs3)n2c1. The predicted molar refractivity (Wildman–Crippen MR) is 78.5 cm³/mol. The topological polar surface area (TPSA) is 102 Å². The Morgan fingerprint density at radius 3 is 2.90 bits per heavy atom. The minimum absolute atomic E-state index is 0.129. The molecule has 3 aromatic heterocycles. The van der Waals surface area contributed by atoms with Crippen LogP contribution in [0.1, 0.15) is 26.5 Å². The summed E-state index contributed by atoms with van der Waals surface area (Å²) in [5, 5.41) is 4.44. The molecule has 0 saturated carbocycles. The van der Waals surface area contributed by atoms with Crippen molar-refractivity contribution in [2.45, 2.75) is 6.92 Å². The molecule has 8 heteroatoms. The first-order valence-corrected chi connectivity index (χ1v) is 6.93. The molecule has 2 amide bonds. The number of nitrogens with two attached hydrogens (primary N) is 1. The monoisotopic (exact) mass is 301 g/mol. The molecule has 0 aliphatic rings. The molecule has 0 saturated heterocycles. The third-order valence-corrected chi connectivity index (χ3v) is 3.62. The van der Waals surface area contributed by atoms with E-state index in [2.05, 4.69) is 15.3 Å². The highest BCUT2D eigenvalue weighted by Crippen LogP contribution is 2.17. The standard InChI is InChI=1S/C13H11N5O2S/c1-7-2-3-10-15-4-9(18(10)5-7)12(20)17-13-16-8(6-21-13)11(14)19/h2-6H,1H3,(H2,14,19)(H,16,17,20). The summed E-state index contributed by atoms with van der Waals surface area (Å²) in [6.07, 6.45) is 3.32. The summed E-state index contributed by atoms with van der Waals surface area (Å²) in [5.41, 5.74) is 7.34. The van der Waals surface area contributed by atoms with Gasteiger partial charge in [0.15, 0.2) is 5.13 Å². The van der Waals surface area contributed by atoms with Crippen molar-refractivity contribution in [2.24, 2.45) is 5.73 Å². The van der Waals surface area contributed by atoms with Gasteiger partial charge in [0.25, 0.3) is 11.8 Å². The molecule has 0 spiro atoms. The highest BCUT2D eigenvalue weighted by atomic mass is 32.1. The first-order chi connectivity index (χ1) is 10.0. The molecule has 0 radical (unpaired) electrons. The van der Waals surface area contributed by atoms with Crippen molar-refractivity contribution >= 4 is 33.9 Å². The van der Waals surface area contributed by atoms with E-state index in [0.29, 0.717) is 16.5 Å². The van der Waals surface area contributed by atoms with E-state index in [1.807, 2.05) is 25.3 Å². The van der Waals surface area contributed by atoms with Crippen LogP contribution in [0.4, 0.5) is 5.13 Å². The number of hydrogen-bond acceptors (Lipinski definition) is 5. The van der Waals surface area contributed by atoms with Crippen LogP contribution in [0.15, 0.2) is 29.9 Å². The fourth-order valence-corrected chi connectivity index (χ4v) is 2.56. The molecule has 0 bridgehead atoms. The molecule has 0 aliphatic carbocycles. The van der Waals surface area contributed by atoms with Crippen LogP contribution in [0.2, 0.25) is 0 Å². The van der Waals surface area contributed by atoms with Gasteiger partial charge in [-0.3, -0.25) is 19.3 Å². The van der Waals surface area contributed by atoms with E-state index in [1.54, 1.807) is 4.40 Å². The first-order valence-electron chi connectivity index (χ1n) is 6.05. The smallest absolute Gasteiger partial charge is 0.276 e. The molecule has 0 unspecified atom stereocenters. The largest absolute Gasteiger partial charge is 0.364 e. The van der Waals surface area contributed by atoms with Crippen molar-refractivity contribution in [2.75, 3.05) is 5.32 Å². The number of pyridine rings is 1. The number of carbonyl (C=O) groups excluding carboxylic acids is 2. The van der Waals surface area contributed by atoms with Crippen molar-refractivity contribution in [1.29, 1.82) is 0 Å². The van der Waals surface area contributed by atoms with Gasteiger partial charge in [-0.15, -0.1) is 11.3 Å². The Morgan fingerprint density at radius 2 is 2.19 bits per heavy atom. The Morgan fingerprint density at radius 1 is 1.38 bits per heavy atom. The van der Waals surface area contributed by atoms with Gasteiger partial charge < -0.3 is 5.73 Å². The van der Waals surface area contributed by atoms with Gasteiger partial charge in [0.2, 0.25) is 0 Å². The molecular weight excluding hydrogens is 290 g/mol. The second-order valence-electron chi connectivity index (χ2n) is 4.43. The van der Waals surface area contributed by atoms with E-state index in [1.165, 1.54) is 11.6 Å². The quantitative estimate of drug-likeness (QED) is 0.764. The number of nitrogens with zero attached hydrogens (tertiary/aromatic N) is 3. The number of rotatable bonds is 3. The van der Waals surface area contributed by atoms with E-state index >= 15 is 0 Å². The number of primary amides is 1. The Bertz CT molecular complexity index is 851. The molecule has 0 fully saturated rings. The van der Waals surface area contributed by atoms with Crippen molar-refractivity contribution in [1.82, 2.24) is 14.4 Å². The number of fused-ring (bicyclic) bond motifs is 1. The average molecular weight is 301 g/mol. The minimum atomic E-state index is -0.628. The molecule has 0 aromatic carbocycles. The average Bonchev–Trinajstić information content (AvgIpc) is 3.04. The van der Waals surface area contributed by atoms with E-state index < -0.39 is 5.91 Å². The molecule has 0 aliphatic heterocycles. The summed E-state index contributed by atoms with van der Waals surface area (Å²) in [4.78, 5) is 31.3. The Hall–Kier alpha value is -2.74. The van der Waals surface area contributed by atoms with Crippen LogP contribution in [0.25, 0.3) is 5.65 Å². The number of aromatic nitrogens is 3. The van der Waals surface area contributed by atoms with Crippen LogP contribution < -0.4 is 11.1 Å². The maximum atomic E-state index is 12.3. The van der Waals surface area contributed by atoms with Crippen LogP contribution in [0.5, 0.6) is 0 Å². The van der Waals surface area contributed by atoms with Gasteiger partial charge in [-0.2, -0.15) is 0 Å². The zero-order valence-electron chi connectivity index (χ0n) is 11.0. The molecule has 0 atom stereocenters. The van der Waals surface area contributed by atoms with Crippen molar-refractivity contribution in [3.05, 3.63) is 46.9 Å². The minimum Gasteiger partial charge on any atom is -0.364 e. The summed E-state index contributed by atoms with van der Waals surface area (Å²) in [6.45, 7) is 1.93. The lowest BCUT2D eigenvalue weighted by atomic mass is 10.3. The summed E-state index contributed by atoms with van der Waals surface area (Å²) in [6, 6.07) is 3.75. The molecule has 3 aromatic rings. The molecule has 3 N–H and O–H groups in total. The number of hydrogen-bond donors (Lipinski definition) is 2. The third-order valence-electron chi connectivity index (χ3n) is 2.86. The van der Waals surface area contributed by atoms with Crippen molar-refractivity contribution in [3.8, 4) is 0 Å². The van der Waals surface area contributed by atoms with Crippen LogP contribution >= 0.6 is 11.3 Å². The third kappa shape index (κ3) is 2.48. The fraction of sp³-hybridized carbons (Fsp3) is 0.0769. The van der Waals surface area contributed by atoms with Crippen molar-refractivity contribution in [3.63, 3.8) is 0 Å². The Balaban J connectivity index is 1.89. The van der Waals surface area contributed by atoms with Gasteiger partial charge in [-0.25, -0.2) is 9.97 Å². The number of carbonyl (C=O) groups is 2.